The van der Waals surface area contributed by atoms with Crippen molar-refractivity contribution < 1.29 is 14.3 Å². The number of rotatable bonds is 4. The SMILES string of the molecule is COC(=O)[C@]1(/C=C/c2ccccc2)C(=O)N(C)[C@@H]1c1ccccc1. The van der Waals surface area contributed by atoms with E-state index in [1.807, 2.05) is 60.7 Å². The fourth-order valence-corrected chi connectivity index (χ4v) is 3.28. The number of carbonyl (C=O) groups is 2. The first kappa shape index (κ1) is 16.0. The fraction of sp³-hybridized carbons (Fsp3) is 0.200. The maximum Gasteiger partial charge on any atom is 0.327 e. The Balaban J connectivity index is 2.06. The van der Waals surface area contributed by atoms with Crippen LogP contribution in [0.3, 0.4) is 0 Å². The van der Waals surface area contributed by atoms with E-state index >= 15 is 0 Å². The minimum Gasteiger partial charge on any atom is -0.468 e. The molecule has 0 N–H and O–H groups in total. The molecule has 0 spiro atoms. The van der Waals surface area contributed by atoms with Gasteiger partial charge in [-0.05, 0) is 11.1 Å². The molecule has 0 radical (unpaired) electrons. The lowest BCUT2D eigenvalue weighted by Gasteiger charge is -2.51. The van der Waals surface area contributed by atoms with Crippen molar-refractivity contribution in [2.24, 2.45) is 5.41 Å². The Labute approximate surface area is 141 Å². The van der Waals surface area contributed by atoms with Crippen molar-refractivity contribution in [1.29, 1.82) is 0 Å². The molecule has 1 aliphatic heterocycles. The van der Waals surface area contributed by atoms with E-state index in [1.165, 1.54) is 7.11 Å². The third kappa shape index (κ3) is 2.40. The summed E-state index contributed by atoms with van der Waals surface area (Å²) in [5.41, 5.74) is 0.512. The first-order valence-corrected chi connectivity index (χ1v) is 7.76. The first-order valence-electron chi connectivity index (χ1n) is 7.76. The van der Waals surface area contributed by atoms with Gasteiger partial charge in [-0.3, -0.25) is 9.59 Å². The Kier molecular flexibility index (Phi) is 4.21. The lowest BCUT2D eigenvalue weighted by Crippen LogP contribution is -2.64. The molecule has 0 bridgehead atoms. The van der Waals surface area contributed by atoms with E-state index in [4.69, 9.17) is 4.74 Å². The van der Waals surface area contributed by atoms with Crippen molar-refractivity contribution in [3.63, 3.8) is 0 Å². The summed E-state index contributed by atoms with van der Waals surface area (Å²) in [4.78, 5) is 26.8. The van der Waals surface area contributed by atoms with Gasteiger partial charge in [0.05, 0.1) is 13.2 Å². The van der Waals surface area contributed by atoms with Crippen LogP contribution in [0.15, 0.2) is 66.7 Å². The second-order valence-corrected chi connectivity index (χ2v) is 5.83. The van der Waals surface area contributed by atoms with E-state index < -0.39 is 11.4 Å². The van der Waals surface area contributed by atoms with Crippen LogP contribution in [0.4, 0.5) is 0 Å². The van der Waals surface area contributed by atoms with Crippen LogP contribution in [0, 0.1) is 5.41 Å². The second kappa shape index (κ2) is 6.32. The third-order valence-electron chi connectivity index (χ3n) is 4.47. The predicted molar refractivity (Wildman–Crippen MR) is 91.9 cm³/mol. The van der Waals surface area contributed by atoms with Gasteiger partial charge in [0, 0.05) is 7.05 Å². The molecule has 3 rings (SSSR count). The Hall–Kier alpha value is -2.88. The van der Waals surface area contributed by atoms with E-state index in [9.17, 15) is 9.59 Å². The summed E-state index contributed by atoms with van der Waals surface area (Å²) in [7, 11) is 3.02. The van der Waals surface area contributed by atoms with Gasteiger partial charge < -0.3 is 9.64 Å². The first-order chi connectivity index (χ1) is 11.6. The van der Waals surface area contributed by atoms with Gasteiger partial charge in [0.25, 0.3) is 0 Å². The van der Waals surface area contributed by atoms with Gasteiger partial charge in [0.1, 0.15) is 0 Å². The summed E-state index contributed by atoms with van der Waals surface area (Å²) >= 11 is 0. The van der Waals surface area contributed by atoms with Crippen molar-refractivity contribution in [3.05, 3.63) is 77.9 Å². The van der Waals surface area contributed by atoms with Gasteiger partial charge >= 0.3 is 5.97 Å². The highest BCUT2D eigenvalue weighted by atomic mass is 16.5. The number of nitrogens with zero attached hydrogens (tertiary/aromatic N) is 1. The van der Waals surface area contributed by atoms with E-state index in [1.54, 1.807) is 24.1 Å². The molecule has 0 saturated carbocycles. The van der Waals surface area contributed by atoms with Crippen LogP contribution in [0.1, 0.15) is 17.2 Å². The van der Waals surface area contributed by atoms with Crippen LogP contribution >= 0.6 is 0 Å². The van der Waals surface area contributed by atoms with E-state index in [0.29, 0.717) is 0 Å². The zero-order valence-corrected chi connectivity index (χ0v) is 13.7. The zero-order valence-electron chi connectivity index (χ0n) is 13.7. The standard InChI is InChI=1S/C20H19NO3/c1-21-17(16-11-7-4-8-12-16)20(18(21)22,19(23)24-2)14-13-15-9-5-3-6-10-15/h3-14,17H,1-2H3/b14-13+/t17-,20+/m1/s1. The quantitative estimate of drug-likeness (QED) is 0.494. The van der Waals surface area contributed by atoms with Gasteiger partial charge in [-0.15, -0.1) is 0 Å². The summed E-state index contributed by atoms with van der Waals surface area (Å²) in [6, 6.07) is 18.7. The lowest BCUT2D eigenvalue weighted by molar-refractivity contribution is -0.180. The Bertz CT molecular complexity index is 760. The van der Waals surface area contributed by atoms with Crippen LogP contribution in [0.25, 0.3) is 6.08 Å². The molecule has 24 heavy (non-hydrogen) atoms. The summed E-state index contributed by atoms with van der Waals surface area (Å²) in [6.45, 7) is 0. The third-order valence-corrected chi connectivity index (χ3v) is 4.47. The summed E-state index contributed by atoms with van der Waals surface area (Å²) in [6.07, 6.45) is 3.48. The van der Waals surface area contributed by atoms with E-state index in [2.05, 4.69) is 0 Å². The topological polar surface area (TPSA) is 46.6 Å². The largest absolute Gasteiger partial charge is 0.468 e. The second-order valence-electron chi connectivity index (χ2n) is 5.83. The number of benzene rings is 2. The molecule has 0 unspecified atom stereocenters. The molecule has 1 heterocycles. The van der Waals surface area contributed by atoms with Crippen molar-refractivity contribution in [2.45, 2.75) is 6.04 Å². The summed E-state index contributed by atoms with van der Waals surface area (Å²) < 4.78 is 4.98. The highest BCUT2D eigenvalue weighted by molar-refractivity contribution is 6.11. The van der Waals surface area contributed by atoms with Crippen molar-refractivity contribution in [3.8, 4) is 0 Å². The average Bonchev–Trinajstić information content (AvgIpc) is 2.65. The molecule has 2 atom stereocenters. The molecule has 4 nitrogen and oxygen atoms in total. The fourth-order valence-electron chi connectivity index (χ4n) is 3.28. The number of β-lactam (4-membered cyclic amide) rings is 1. The molecule has 4 heteroatoms. The number of carbonyl (C=O) groups excluding carboxylic acids is 2. The van der Waals surface area contributed by atoms with Gasteiger partial charge in [-0.2, -0.15) is 0 Å². The molecule has 2 aromatic carbocycles. The number of methoxy groups -OCH3 is 1. The molecule has 1 aliphatic rings. The predicted octanol–water partition coefficient (Wildman–Crippen LogP) is 3.07. The number of esters is 1. The van der Waals surface area contributed by atoms with Crippen molar-refractivity contribution >= 4 is 18.0 Å². The van der Waals surface area contributed by atoms with E-state index in [0.717, 1.165) is 11.1 Å². The average molecular weight is 321 g/mol. The highest BCUT2D eigenvalue weighted by Gasteiger charge is 2.64. The van der Waals surface area contributed by atoms with Crippen LogP contribution in [0.5, 0.6) is 0 Å². The minimum atomic E-state index is -1.32. The Morgan fingerprint density at radius 2 is 1.67 bits per heavy atom. The van der Waals surface area contributed by atoms with Gasteiger partial charge in [-0.1, -0.05) is 72.8 Å². The Morgan fingerprint density at radius 1 is 1.08 bits per heavy atom. The molecule has 122 valence electrons. The number of ether oxygens (including phenoxy) is 1. The van der Waals surface area contributed by atoms with Crippen molar-refractivity contribution in [1.82, 2.24) is 4.90 Å². The number of hydrogen-bond donors (Lipinski definition) is 0. The van der Waals surface area contributed by atoms with Gasteiger partial charge in [-0.25, -0.2) is 0 Å². The highest BCUT2D eigenvalue weighted by Crippen LogP contribution is 2.51. The summed E-state index contributed by atoms with van der Waals surface area (Å²) in [5.74, 6) is -0.790. The van der Waals surface area contributed by atoms with Crippen LogP contribution in [-0.2, 0) is 14.3 Å². The zero-order chi connectivity index (χ0) is 17.2. The monoisotopic (exact) mass is 321 g/mol. The Morgan fingerprint density at radius 3 is 2.25 bits per heavy atom. The van der Waals surface area contributed by atoms with Crippen LogP contribution in [0.2, 0.25) is 0 Å². The maximum absolute atomic E-state index is 12.7. The molecule has 1 fully saturated rings. The minimum absolute atomic E-state index is 0.254. The number of likely N-dealkylation sites (tertiary alicyclic amines) is 1. The van der Waals surface area contributed by atoms with Gasteiger partial charge in [0.2, 0.25) is 5.91 Å². The number of amides is 1. The van der Waals surface area contributed by atoms with Gasteiger partial charge in [0.15, 0.2) is 5.41 Å². The van der Waals surface area contributed by atoms with Crippen LogP contribution < -0.4 is 0 Å². The molecular formula is C20H19NO3. The molecule has 1 saturated heterocycles. The molecule has 1 amide bonds. The number of hydrogen-bond acceptors (Lipinski definition) is 3. The van der Waals surface area contributed by atoms with Crippen LogP contribution in [-0.4, -0.2) is 30.9 Å². The normalized spacial score (nSPS) is 23.2. The smallest absolute Gasteiger partial charge is 0.327 e. The summed E-state index contributed by atoms with van der Waals surface area (Å²) in [5, 5.41) is 0. The van der Waals surface area contributed by atoms with Crippen molar-refractivity contribution in [2.75, 3.05) is 14.2 Å². The molecule has 2 aromatic rings. The molecule has 0 aliphatic carbocycles. The lowest BCUT2D eigenvalue weighted by atomic mass is 9.67. The maximum atomic E-state index is 12.7. The van der Waals surface area contributed by atoms with E-state index in [-0.39, 0.29) is 11.9 Å². The molecular weight excluding hydrogens is 302 g/mol. The molecule has 0 aromatic heterocycles.